The van der Waals surface area contributed by atoms with Gasteiger partial charge in [0.05, 0.1) is 6.61 Å². The Kier molecular flexibility index (Phi) is 3.40. The van der Waals surface area contributed by atoms with E-state index in [2.05, 4.69) is 0 Å². The summed E-state index contributed by atoms with van der Waals surface area (Å²) >= 11 is 1.73. The van der Waals surface area contributed by atoms with Gasteiger partial charge in [-0.2, -0.15) is 11.8 Å². The Bertz CT molecular complexity index is 166. The lowest BCUT2D eigenvalue weighted by Gasteiger charge is -2.30. The second-order valence-electron chi connectivity index (χ2n) is 3.03. The van der Waals surface area contributed by atoms with Crippen LogP contribution in [0.3, 0.4) is 0 Å². The molecule has 1 heterocycles. The highest BCUT2D eigenvalue weighted by molar-refractivity contribution is 7.99. The fraction of sp³-hybridized carbons (Fsp3) is 0.875. The van der Waals surface area contributed by atoms with Crippen molar-refractivity contribution in [1.82, 2.24) is 0 Å². The molecule has 0 aliphatic carbocycles. The van der Waals surface area contributed by atoms with Crippen molar-refractivity contribution < 1.29 is 9.53 Å². The fourth-order valence-electron chi connectivity index (χ4n) is 1.25. The van der Waals surface area contributed by atoms with Crippen molar-refractivity contribution in [3.05, 3.63) is 0 Å². The molecule has 0 radical (unpaired) electrons. The summed E-state index contributed by atoms with van der Waals surface area (Å²) in [6.07, 6.45) is 1.78. The molecule has 12 heavy (non-hydrogen) atoms. The Morgan fingerprint density at radius 1 is 1.75 bits per heavy atom. The van der Waals surface area contributed by atoms with Crippen LogP contribution in [0, 0.1) is 0 Å². The first-order chi connectivity index (χ1) is 5.69. The lowest BCUT2D eigenvalue weighted by molar-refractivity contribution is -0.149. The lowest BCUT2D eigenvalue weighted by atomic mass is 9.97. The van der Waals surface area contributed by atoms with Crippen LogP contribution in [0.2, 0.25) is 0 Å². The highest BCUT2D eigenvalue weighted by Crippen LogP contribution is 2.25. The summed E-state index contributed by atoms with van der Waals surface area (Å²) in [5.74, 6) is 1.57. The number of carbonyl (C=O) groups is 1. The van der Waals surface area contributed by atoms with E-state index in [0.29, 0.717) is 12.4 Å². The topological polar surface area (TPSA) is 52.3 Å². The number of hydrogen-bond acceptors (Lipinski definition) is 4. The van der Waals surface area contributed by atoms with E-state index in [-0.39, 0.29) is 5.97 Å². The van der Waals surface area contributed by atoms with Crippen LogP contribution in [-0.2, 0) is 9.53 Å². The number of thioether (sulfide) groups is 1. The Morgan fingerprint density at radius 2 is 2.50 bits per heavy atom. The van der Waals surface area contributed by atoms with Gasteiger partial charge in [0.15, 0.2) is 0 Å². The number of rotatable bonds is 2. The number of esters is 1. The van der Waals surface area contributed by atoms with Gasteiger partial charge in [0, 0.05) is 5.75 Å². The Labute approximate surface area is 77.0 Å². The van der Waals surface area contributed by atoms with E-state index in [0.717, 1.165) is 18.6 Å². The van der Waals surface area contributed by atoms with Gasteiger partial charge in [0.2, 0.25) is 0 Å². The molecule has 0 bridgehead atoms. The molecule has 0 aromatic heterocycles. The number of hydrogen-bond donors (Lipinski definition) is 1. The van der Waals surface area contributed by atoms with Gasteiger partial charge in [-0.25, -0.2) is 0 Å². The lowest BCUT2D eigenvalue weighted by Crippen LogP contribution is -2.52. The number of carbonyl (C=O) groups excluding carboxylic acids is 1. The first-order valence-corrected chi connectivity index (χ1v) is 5.38. The largest absolute Gasteiger partial charge is 0.465 e. The maximum atomic E-state index is 11.4. The third-order valence-corrected chi connectivity index (χ3v) is 3.25. The quantitative estimate of drug-likeness (QED) is 0.652. The molecule has 0 amide bonds. The minimum Gasteiger partial charge on any atom is -0.465 e. The molecule has 4 heteroatoms. The van der Waals surface area contributed by atoms with Crippen molar-refractivity contribution in [2.45, 2.75) is 25.3 Å². The van der Waals surface area contributed by atoms with E-state index in [1.54, 1.807) is 18.7 Å². The minimum absolute atomic E-state index is 0.239. The zero-order chi connectivity index (χ0) is 9.03. The van der Waals surface area contributed by atoms with E-state index in [1.807, 2.05) is 0 Å². The molecule has 1 unspecified atom stereocenters. The van der Waals surface area contributed by atoms with E-state index < -0.39 is 5.54 Å². The van der Waals surface area contributed by atoms with Gasteiger partial charge in [-0.15, -0.1) is 0 Å². The molecule has 0 saturated carbocycles. The first kappa shape index (κ1) is 9.86. The van der Waals surface area contributed by atoms with Crippen molar-refractivity contribution in [2.24, 2.45) is 5.73 Å². The molecule has 1 rings (SSSR count). The summed E-state index contributed by atoms with van der Waals surface area (Å²) in [4.78, 5) is 11.4. The molecule has 1 aliphatic rings. The third-order valence-electron chi connectivity index (χ3n) is 1.95. The molecule has 1 atom stereocenters. The van der Waals surface area contributed by atoms with Crippen LogP contribution < -0.4 is 5.73 Å². The van der Waals surface area contributed by atoms with Crippen LogP contribution in [0.5, 0.6) is 0 Å². The summed E-state index contributed by atoms with van der Waals surface area (Å²) in [5.41, 5.74) is 5.18. The van der Waals surface area contributed by atoms with Gasteiger partial charge in [-0.3, -0.25) is 4.79 Å². The van der Waals surface area contributed by atoms with Gasteiger partial charge in [-0.05, 0) is 25.5 Å². The van der Waals surface area contributed by atoms with Crippen molar-refractivity contribution >= 4 is 17.7 Å². The molecule has 0 aromatic rings. The Balaban J connectivity index is 2.50. The summed E-state index contributed by atoms with van der Waals surface area (Å²) in [7, 11) is 0. The maximum absolute atomic E-state index is 11.4. The van der Waals surface area contributed by atoms with Crippen molar-refractivity contribution in [2.75, 3.05) is 18.1 Å². The molecular weight excluding hydrogens is 174 g/mol. The van der Waals surface area contributed by atoms with Gasteiger partial charge >= 0.3 is 5.97 Å². The predicted molar refractivity (Wildman–Crippen MR) is 50.1 cm³/mol. The van der Waals surface area contributed by atoms with E-state index in [9.17, 15) is 4.79 Å². The maximum Gasteiger partial charge on any atom is 0.326 e. The second kappa shape index (κ2) is 4.14. The smallest absolute Gasteiger partial charge is 0.326 e. The average molecular weight is 189 g/mol. The Morgan fingerprint density at radius 3 is 3.00 bits per heavy atom. The molecule has 0 spiro atoms. The zero-order valence-electron chi connectivity index (χ0n) is 7.34. The molecular formula is C8H15NO2S. The predicted octanol–water partition coefficient (Wildman–Crippen LogP) is 0.774. The average Bonchev–Trinajstić information content (AvgIpc) is 2.06. The molecule has 1 saturated heterocycles. The molecule has 2 N–H and O–H groups in total. The number of ether oxygens (including phenoxy) is 1. The van der Waals surface area contributed by atoms with Crippen LogP contribution in [0.15, 0.2) is 0 Å². The Hall–Kier alpha value is -0.220. The highest BCUT2D eigenvalue weighted by Gasteiger charge is 2.36. The van der Waals surface area contributed by atoms with Crippen LogP contribution >= 0.6 is 11.8 Å². The molecule has 1 aliphatic heterocycles. The highest BCUT2D eigenvalue weighted by atomic mass is 32.2. The summed E-state index contributed by atoms with van der Waals surface area (Å²) < 4.78 is 4.91. The van der Waals surface area contributed by atoms with Crippen molar-refractivity contribution in [1.29, 1.82) is 0 Å². The molecule has 3 nitrogen and oxygen atoms in total. The SMILES string of the molecule is CCOC(=O)C1(N)CCCSC1. The van der Waals surface area contributed by atoms with E-state index in [4.69, 9.17) is 10.5 Å². The van der Waals surface area contributed by atoms with Crippen molar-refractivity contribution in [3.8, 4) is 0 Å². The van der Waals surface area contributed by atoms with E-state index in [1.165, 1.54) is 0 Å². The summed E-state index contributed by atoms with van der Waals surface area (Å²) in [6, 6.07) is 0. The van der Waals surface area contributed by atoms with Crippen LogP contribution in [0.4, 0.5) is 0 Å². The monoisotopic (exact) mass is 189 g/mol. The summed E-state index contributed by atoms with van der Waals surface area (Å²) in [6.45, 7) is 2.22. The van der Waals surface area contributed by atoms with Gasteiger partial charge in [0.25, 0.3) is 0 Å². The first-order valence-electron chi connectivity index (χ1n) is 4.23. The summed E-state index contributed by atoms with van der Waals surface area (Å²) in [5, 5.41) is 0. The zero-order valence-corrected chi connectivity index (χ0v) is 8.15. The van der Waals surface area contributed by atoms with Gasteiger partial charge in [-0.1, -0.05) is 0 Å². The second-order valence-corrected chi connectivity index (χ2v) is 4.14. The van der Waals surface area contributed by atoms with Crippen molar-refractivity contribution in [3.63, 3.8) is 0 Å². The van der Waals surface area contributed by atoms with Crippen LogP contribution in [-0.4, -0.2) is 29.6 Å². The molecule has 0 aromatic carbocycles. The standard InChI is InChI=1S/C8H15NO2S/c1-2-11-7(10)8(9)4-3-5-12-6-8/h2-6,9H2,1H3. The minimum atomic E-state index is -0.709. The van der Waals surface area contributed by atoms with E-state index >= 15 is 0 Å². The molecule has 1 fully saturated rings. The fourth-order valence-corrected chi connectivity index (χ4v) is 2.37. The third kappa shape index (κ3) is 2.14. The van der Waals surface area contributed by atoms with Crippen LogP contribution in [0.25, 0.3) is 0 Å². The normalized spacial score (nSPS) is 29.8. The van der Waals surface area contributed by atoms with Gasteiger partial charge in [0.1, 0.15) is 5.54 Å². The molecule has 70 valence electrons. The number of nitrogens with two attached hydrogens (primary N) is 1. The van der Waals surface area contributed by atoms with Gasteiger partial charge < -0.3 is 10.5 Å². The van der Waals surface area contributed by atoms with Crippen LogP contribution in [0.1, 0.15) is 19.8 Å².